The molecule has 2 aliphatic carbocycles. The van der Waals surface area contributed by atoms with E-state index in [9.17, 15) is 18.0 Å². The van der Waals surface area contributed by atoms with Crippen LogP contribution in [0.15, 0.2) is 12.1 Å². The highest BCUT2D eigenvalue weighted by atomic mass is 19.1. The summed E-state index contributed by atoms with van der Waals surface area (Å²) in [6, 6.07) is 1.99. The van der Waals surface area contributed by atoms with Crippen LogP contribution in [0.2, 0.25) is 0 Å². The smallest absolute Gasteiger partial charge is 0.229 e. The van der Waals surface area contributed by atoms with Crippen LogP contribution < -0.4 is 4.74 Å². The van der Waals surface area contributed by atoms with E-state index in [1.807, 2.05) is 0 Å². The summed E-state index contributed by atoms with van der Waals surface area (Å²) in [5.41, 5.74) is -1.53. The van der Waals surface area contributed by atoms with Gasteiger partial charge in [0.15, 0.2) is 11.6 Å². The fourth-order valence-corrected chi connectivity index (χ4v) is 4.60. The van der Waals surface area contributed by atoms with E-state index in [4.69, 9.17) is 4.74 Å². The lowest BCUT2D eigenvalue weighted by atomic mass is 9.82. The van der Waals surface area contributed by atoms with Crippen LogP contribution in [-0.4, -0.2) is 29.1 Å². The van der Waals surface area contributed by atoms with Crippen LogP contribution in [0.5, 0.6) is 5.75 Å². The predicted molar refractivity (Wildman–Crippen MR) is 81.2 cm³/mol. The first kappa shape index (κ1) is 15.8. The number of alkyl halides is 1. The maximum atomic E-state index is 14.5. The second-order valence-electron chi connectivity index (χ2n) is 7.60. The Morgan fingerprint density at radius 2 is 1.96 bits per heavy atom. The minimum atomic E-state index is -1.21. The largest absolute Gasteiger partial charge is 0.485 e. The fourth-order valence-electron chi connectivity index (χ4n) is 4.60. The molecule has 1 amide bonds. The van der Waals surface area contributed by atoms with Crippen LogP contribution in [0.4, 0.5) is 13.2 Å². The monoisotopic (exact) mass is 339 g/mol. The zero-order chi connectivity index (χ0) is 17.1. The number of carbonyl (C=O) groups excluding carboxylic acids is 1. The Labute approximate surface area is 138 Å². The molecule has 1 aromatic rings. The van der Waals surface area contributed by atoms with E-state index >= 15 is 0 Å². The molecular weight excluding hydrogens is 319 g/mol. The maximum absolute atomic E-state index is 14.5. The molecule has 1 aromatic carbocycles. The van der Waals surface area contributed by atoms with Crippen molar-refractivity contribution in [3.8, 4) is 5.75 Å². The lowest BCUT2D eigenvalue weighted by Gasteiger charge is -2.32. The van der Waals surface area contributed by atoms with Gasteiger partial charge in [-0.2, -0.15) is 0 Å². The average molecular weight is 339 g/mol. The first-order valence-electron chi connectivity index (χ1n) is 8.43. The first-order chi connectivity index (χ1) is 11.3. The number of amides is 1. The molecule has 2 saturated carbocycles. The van der Waals surface area contributed by atoms with Crippen molar-refractivity contribution in [1.29, 1.82) is 0 Å². The standard InChI is InChI=1S/C18H20F3NO2/c1-11-8-22(9-12-6-13(19)7-14(20)15(12)24-11)16(23)17-2-4-18(21,10-17)5-3-17/h6-7,11H,2-5,8-10H2,1H3/t11-,17?,18?/m0/s1. The second-order valence-corrected chi connectivity index (χ2v) is 7.60. The number of hydrogen-bond acceptors (Lipinski definition) is 2. The molecule has 6 heteroatoms. The van der Waals surface area contributed by atoms with Gasteiger partial charge in [0.05, 0.1) is 12.0 Å². The van der Waals surface area contributed by atoms with Crippen LogP contribution in [0.3, 0.4) is 0 Å². The van der Waals surface area contributed by atoms with Crippen molar-refractivity contribution < 1.29 is 22.7 Å². The number of fused-ring (bicyclic) bond motifs is 3. The van der Waals surface area contributed by atoms with Crippen LogP contribution in [0.1, 0.15) is 44.6 Å². The lowest BCUT2D eigenvalue weighted by molar-refractivity contribution is -0.143. The molecule has 2 bridgehead atoms. The van der Waals surface area contributed by atoms with Crippen molar-refractivity contribution in [2.75, 3.05) is 6.54 Å². The average Bonchev–Trinajstić information content (AvgIpc) is 2.97. The zero-order valence-electron chi connectivity index (χ0n) is 13.6. The molecule has 130 valence electrons. The highest BCUT2D eigenvalue weighted by Crippen LogP contribution is 2.59. The third kappa shape index (κ3) is 2.38. The van der Waals surface area contributed by atoms with Gasteiger partial charge in [-0.1, -0.05) is 0 Å². The minimum Gasteiger partial charge on any atom is -0.485 e. The van der Waals surface area contributed by atoms with E-state index in [1.165, 1.54) is 6.07 Å². The van der Waals surface area contributed by atoms with Gasteiger partial charge in [0.1, 0.15) is 17.6 Å². The summed E-state index contributed by atoms with van der Waals surface area (Å²) in [6.07, 6.45) is 1.83. The Morgan fingerprint density at radius 3 is 2.58 bits per heavy atom. The molecular formula is C18H20F3NO2. The zero-order valence-corrected chi connectivity index (χ0v) is 13.6. The molecule has 0 spiro atoms. The van der Waals surface area contributed by atoms with Gasteiger partial charge < -0.3 is 9.64 Å². The van der Waals surface area contributed by atoms with E-state index in [0.29, 0.717) is 31.2 Å². The highest BCUT2D eigenvalue weighted by molar-refractivity contribution is 5.84. The van der Waals surface area contributed by atoms with Gasteiger partial charge in [-0.25, -0.2) is 13.2 Å². The number of ether oxygens (including phenoxy) is 1. The van der Waals surface area contributed by atoms with E-state index in [1.54, 1.807) is 11.8 Å². The third-order valence-electron chi connectivity index (χ3n) is 5.74. The summed E-state index contributed by atoms with van der Waals surface area (Å²) in [7, 11) is 0. The Balaban J connectivity index is 1.65. The summed E-state index contributed by atoms with van der Waals surface area (Å²) in [4.78, 5) is 14.7. The molecule has 1 atom stereocenters. The fraction of sp³-hybridized carbons (Fsp3) is 0.611. The molecule has 1 aliphatic heterocycles. The maximum Gasteiger partial charge on any atom is 0.229 e. The summed E-state index contributed by atoms with van der Waals surface area (Å²) < 4.78 is 47.6. The lowest BCUT2D eigenvalue weighted by Crippen LogP contribution is -2.44. The number of rotatable bonds is 1. The van der Waals surface area contributed by atoms with E-state index in [0.717, 1.165) is 6.07 Å². The molecule has 3 aliphatic rings. The SMILES string of the molecule is C[C@H]1CN(C(=O)C23CCC(F)(CC2)C3)Cc2cc(F)cc(F)c2O1. The Bertz CT molecular complexity index is 698. The van der Waals surface area contributed by atoms with Crippen LogP contribution in [0, 0.1) is 17.0 Å². The number of halogens is 3. The van der Waals surface area contributed by atoms with Crippen molar-refractivity contribution >= 4 is 5.91 Å². The third-order valence-corrected chi connectivity index (χ3v) is 5.74. The number of nitrogens with zero attached hydrogens (tertiary/aromatic N) is 1. The first-order valence-corrected chi connectivity index (χ1v) is 8.43. The molecule has 4 rings (SSSR count). The van der Waals surface area contributed by atoms with E-state index in [-0.39, 0.29) is 31.2 Å². The van der Waals surface area contributed by atoms with Gasteiger partial charge in [0, 0.05) is 18.2 Å². The van der Waals surface area contributed by atoms with Gasteiger partial charge >= 0.3 is 0 Å². The molecule has 1 heterocycles. The predicted octanol–water partition coefficient (Wildman–Crippen LogP) is 3.75. The molecule has 0 N–H and O–H groups in total. The van der Waals surface area contributed by atoms with Crippen molar-refractivity contribution in [3.05, 3.63) is 29.3 Å². The van der Waals surface area contributed by atoms with Gasteiger partial charge in [0.25, 0.3) is 0 Å². The second kappa shape index (κ2) is 5.14. The van der Waals surface area contributed by atoms with Gasteiger partial charge in [0.2, 0.25) is 5.91 Å². The highest BCUT2D eigenvalue weighted by Gasteiger charge is 2.59. The number of benzene rings is 1. The van der Waals surface area contributed by atoms with Crippen molar-refractivity contribution in [2.45, 2.75) is 57.3 Å². The van der Waals surface area contributed by atoms with Crippen molar-refractivity contribution in [3.63, 3.8) is 0 Å². The Hall–Kier alpha value is -1.72. The van der Waals surface area contributed by atoms with Crippen LogP contribution in [-0.2, 0) is 11.3 Å². The molecule has 0 radical (unpaired) electrons. The Kier molecular flexibility index (Phi) is 3.38. The van der Waals surface area contributed by atoms with Crippen LogP contribution in [0.25, 0.3) is 0 Å². The quantitative estimate of drug-likeness (QED) is 0.780. The molecule has 2 fully saturated rings. The molecule has 0 aromatic heterocycles. The van der Waals surface area contributed by atoms with Gasteiger partial charge in [-0.3, -0.25) is 4.79 Å². The topological polar surface area (TPSA) is 29.5 Å². The summed E-state index contributed by atoms with van der Waals surface area (Å²) in [5, 5.41) is 0. The normalized spacial score (nSPS) is 34.7. The molecule has 24 heavy (non-hydrogen) atoms. The van der Waals surface area contributed by atoms with Crippen molar-refractivity contribution in [1.82, 2.24) is 4.90 Å². The molecule has 0 saturated heterocycles. The number of carbonyl (C=O) groups is 1. The van der Waals surface area contributed by atoms with Crippen LogP contribution >= 0.6 is 0 Å². The van der Waals surface area contributed by atoms with Crippen molar-refractivity contribution in [2.24, 2.45) is 5.41 Å². The van der Waals surface area contributed by atoms with Gasteiger partial charge in [-0.15, -0.1) is 0 Å². The molecule has 0 unspecified atom stereocenters. The van der Waals surface area contributed by atoms with E-state index in [2.05, 4.69) is 0 Å². The van der Waals surface area contributed by atoms with E-state index < -0.39 is 28.8 Å². The van der Waals surface area contributed by atoms with Gasteiger partial charge in [-0.05, 0) is 45.1 Å². The Morgan fingerprint density at radius 1 is 1.25 bits per heavy atom. The summed E-state index contributed by atoms with van der Waals surface area (Å²) in [6.45, 7) is 2.13. The minimum absolute atomic E-state index is 0.00869. The molecule has 3 nitrogen and oxygen atoms in total. The summed E-state index contributed by atoms with van der Waals surface area (Å²) >= 11 is 0. The summed E-state index contributed by atoms with van der Waals surface area (Å²) in [5.74, 6) is -1.55. The number of hydrogen-bond donors (Lipinski definition) is 0.